The van der Waals surface area contributed by atoms with Gasteiger partial charge in [0.25, 0.3) is 0 Å². The molecule has 0 bridgehead atoms. The monoisotopic (exact) mass is 270 g/mol. The maximum absolute atomic E-state index is 5.41. The summed E-state index contributed by atoms with van der Waals surface area (Å²) in [6, 6.07) is 0.262. The van der Waals surface area contributed by atoms with Gasteiger partial charge in [0.05, 0.1) is 12.6 Å². The lowest BCUT2D eigenvalue weighted by molar-refractivity contribution is 0.137. The molecule has 2 rings (SSSR count). The van der Waals surface area contributed by atoms with E-state index in [1.807, 2.05) is 18.7 Å². The highest BCUT2D eigenvalue weighted by Crippen LogP contribution is 2.38. The van der Waals surface area contributed by atoms with Crippen molar-refractivity contribution in [3.8, 4) is 0 Å². The summed E-state index contributed by atoms with van der Waals surface area (Å²) in [5.74, 6) is 2.10. The van der Waals surface area contributed by atoms with Crippen LogP contribution in [0.3, 0.4) is 0 Å². The summed E-state index contributed by atoms with van der Waals surface area (Å²) in [5, 5.41) is 4.83. The zero-order chi connectivity index (χ0) is 13.0. The van der Waals surface area contributed by atoms with Gasteiger partial charge in [-0.2, -0.15) is 0 Å². The van der Waals surface area contributed by atoms with Crippen LogP contribution in [0.15, 0.2) is 4.99 Å². The number of rotatable bonds is 4. The molecule has 0 amide bonds. The molecule has 1 aliphatic heterocycles. The molecule has 1 aliphatic carbocycles. The maximum Gasteiger partial charge on any atom is 0.157 e. The van der Waals surface area contributed by atoms with E-state index in [0.717, 1.165) is 24.3 Å². The predicted molar refractivity (Wildman–Crippen MR) is 79.3 cm³/mol. The highest BCUT2D eigenvalue weighted by molar-refractivity contribution is 8.14. The first kappa shape index (κ1) is 14.2. The molecule has 2 aliphatic rings. The van der Waals surface area contributed by atoms with E-state index in [-0.39, 0.29) is 6.04 Å². The van der Waals surface area contributed by atoms with Crippen LogP contribution >= 0.6 is 11.8 Å². The summed E-state index contributed by atoms with van der Waals surface area (Å²) in [5.41, 5.74) is 0.349. The third-order valence-electron chi connectivity index (χ3n) is 3.99. The molecule has 0 radical (unpaired) electrons. The van der Waals surface area contributed by atoms with Crippen molar-refractivity contribution < 1.29 is 4.74 Å². The molecule has 1 heterocycles. The maximum atomic E-state index is 5.41. The Kier molecular flexibility index (Phi) is 4.96. The van der Waals surface area contributed by atoms with Gasteiger partial charge in [-0.05, 0) is 45.4 Å². The molecule has 1 spiro atoms. The molecule has 104 valence electrons. The molecule has 2 fully saturated rings. The van der Waals surface area contributed by atoms with Gasteiger partial charge in [0.2, 0.25) is 0 Å². The standard InChI is InChI=1S/C14H26N2OS/c1-4-17-9-12(3)15-13-16-14(10-18-13)7-5-11(2)6-8-14/h11-12H,4-10H2,1-3H3,(H,15,16). The van der Waals surface area contributed by atoms with Gasteiger partial charge in [0.15, 0.2) is 5.17 Å². The van der Waals surface area contributed by atoms with Crippen LogP contribution in [0.5, 0.6) is 0 Å². The SMILES string of the molecule is CCOCC(C)N=C1NC2(CCC(C)CC2)CS1. The van der Waals surface area contributed by atoms with Gasteiger partial charge in [-0.3, -0.25) is 4.99 Å². The molecule has 0 aromatic rings. The lowest BCUT2D eigenvalue weighted by Gasteiger charge is -2.35. The minimum atomic E-state index is 0.262. The van der Waals surface area contributed by atoms with Crippen molar-refractivity contribution in [3.63, 3.8) is 0 Å². The van der Waals surface area contributed by atoms with Crippen LogP contribution < -0.4 is 5.32 Å². The molecule has 1 unspecified atom stereocenters. The molecule has 0 aromatic heterocycles. The summed E-state index contributed by atoms with van der Waals surface area (Å²) >= 11 is 1.89. The molecular weight excluding hydrogens is 244 g/mol. The lowest BCUT2D eigenvalue weighted by Crippen LogP contribution is -2.46. The van der Waals surface area contributed by atoms with Gasteiger partial charge in [-0.25, -0.2) is 0 Å². The van der Waals surface area contributed by atoms with Gasteiger partial charge < -0.3 is 10.1 Å². The molecule has 1 saturated carbocycles. The number of amidine groups is 1. The third kappa shape index (κ3) is 3.64. The van der Waals surface area contributed by atoms with E-state index in [9.17, 15) is 0 Å². The van der Waals surface area contributed by atoms with Gasteiger partial charge in [0, 0.05) is 17.9 Å². The normalized spacial score (nSPS) is 35.9. The third-order valence-corrected chi connectivity index (χ3v) is 5.17. The molecule has 0 aromatic carbocycles. The molecule has 1 N–H and O–H groups in total. The van der Waals surface area contributed by atoms with Crippen LogP contribution in [0.4, 0.5) is 0 Å². The number of hydrogen-bond donors (Lipinski definition) is 1. The van der Waals surface area contributed by atoms with Crippen LogP contribution in [0, 0.1) is 5.92 Å². The minimum Gasteiger partial charge on any atom is -0.380 e. The van der Waals surface area contributed by atoms with Gasteiger partial charge in [-0.15, -0.1) is 0 Å². The second kappa shape index (κ2) is 6.29. The Morgan fingerprint density at radius 1 is 1.50 bits per heavy atom. The van der Waals surface area contributed by atoms with Crippen molar-refractivity contribution in [2.24, 2.45) is 10.9 Å². The molecule has 3 nitrogen and oxygen atoms in total. The summed E-state index contributed by atoms with van der Waals surface area (Å²) in [6.45, 7) is 8.03. The Morgan fingerprint density at radius 3 is 2.89 bits per heavy atom. The Labute approximate surface area is 115 Å². The second-order valence-electron chi connectivity index (χ2n) is 5.82. The first-order chi connectivity index (χ1) is 8.63. The van der Waals surface area contributed by atoms with E-state index in [2.05, 4.69) is 19.2 Å². The fourth-order valence-electron chi connectivity index (χ4n) is 2.68. The zero-order valence-electron chi connectivity index (χ0n) is 11.9. The van der Waals surface area contributed by atoms with Crippen molar-refractivity contribution >= 4 is 16.9 Å². The van der Waals surface area contributed by atoms with E-state index >= 15 is 0 Å². The van der Waals surface area contributed by atoms with Gasteiger partial charge in [0.1, 0.15) is 0 Å². The van der Waals surface area contributed by atoms with Crippen LogP contribution in [0.2, 0.25) is 0 Å². The van der Waals surface area contributed by atoms with Crippen molar-refractivity contribution in [1.29, 1.82) is 0 Å². The quantitative estimate of drug-likeness (QED) is 0.852. The van der Waals surface area contributed by atoms with E-state index in [1.165, 1.54) is 31.4 Å². The molecule has 18 heavy (non-hydrogen) atoms. The van der Waals surface area contributed by atoms with Crippen molar-refractivity contribution in [2.45, 2.75) is 58.0 Å². The highest BCUT2D eigenvalue weighted by Gasteiger charge is 2.39. The van der Waals surface area contributed by atoms with E-state index < -0.39 is 0 Å². The smallest absolute Gasteiger partial charge is 0.157 e. The second-order valence-corrected chi connectivity index (χ2v) is 6.78. The van der Waals surface area contributed by atoms with Crippen molar-refractivity contribution in [1.82, 2.24) is 5.32 Å². The number of ether oxygens (including phenoxy) is 1. The number of nitrogens with one attached hydrogen (secondary N) is 1. The van der Waals surface area contributed by atoms with Crippen LogP contribution in [0.1, 0.15) is 46.5 Å². The van der Waals surface area contributed by atoms with Gasteiger partial charge in [-0.1, -0.05) is 18.7 Å². The molecular formula is C14H26N2OS. The van der Waals surface area contributed by atoms with Crippen molar-refractivity contribution in [2.75, 3.05) is 19.0 Å². The first-order valence-corrected chi connectivity index (χ1v) is 8.18. The molecule has 1 atom stereocenters. The molecule has 4 heteroatoms. The Bertz CT molecular complexity index is 298. The average molecular weight is 270 g/mol. The largest absolute Gasteiger partial charge is 0.380 e. The van der Waals surface area contributed by atoms with E-state index in [1.54, 1.807) is 0 Å². The number of hydrogen-bond acceptors (Lipinski definition) is 3. The minimum absolute atomic E-state index is 0.262. The van der Waals surface area contributed by atoms with Crippen LogP contribution in [-0.2, 0) is 4.74 Å². The number of nitrogens with zero attached hydrogens (tertiary/aromatic N) is 1. The van der Waals surface area contributed by atoms with E-state index in [0.29, 0.717) is 5.54 Å². The topological polar surface area (TPSA) is 33.6 Å². The lowest BCUT2D eigenvalue weighted by atomic mass is 9.78. The molecule has 1 saturated heterocycles. The van der Waals surface area contributed by atoms with Crippen molar-refractivity contribution in [3.05, 3.63) is 0 Å². The fraction of sp³-hybridized carbons (Fsp3) is 0.929. The zero-order valence-corrected chi connectivity index (χ0v) is 12.7. The van der Waals surface area contributed by atoms with Crippen LogP contribution in [-0.4, -0.2) is 35.7 Å². The predicted octanol–water partition coefficient (Wildman–Crippen LogP) is 3.05. The Hall–Kier alpha value is -0.220. The number of aliphatic imine (C=N–C) groups is 1. The van der Waals surface area contributed by atoms with Crippen LogP contribution in [0.25, 0.3) is 0 Å². The Balaban J connectivity index is 1.85. The summed E-state index contributed by atoms with van der Waals surface area (Å²) < 4.78 is 5.41. The summed E-state index contributed by atoms with van der Waals surface area (Å²) in [6.07, 6.45) is 5.32. The van der Waals surface area contributed by atoms with E-state index in [4.69, 9.17) is 9.73 Å². The van der Waals surface area contributed by atoms with Gasteiger partial charge >= 0.3 is 0 Å². The highest BCUT2D eigenvalue weighted by atomic mass is 32.2. The number of thioether (sulfide) groups is 1. The first-order valence-electron chi connectivity index (χ1n) is 7.20. The summed E-state index contributed by atoms with van der Waals surface area (Å²) in [7, 11) is 0. The average Bonchev–Trinajstić information content (AvgIpc) is 2.74. The fourth-order valence-corrected chi connectivity index (χ4v) is 4.00. The Morgan fingerprint density at radius 2 is 2.22 bits per heavy atom. The summed E-state index contributed by atoms with van der Waals surface area (Å²) in [4.78, 5) is 4.73.